The van der Waals surface area contributed by atoms with Crippen LogP contribution >= 0.6 is 0 Å². The molecule has 0 spiro atoms. The van der Waals surface area contributed by atoms with Crippen molar-refractivity contribution in [3.63, 3.8) is 0 Å². The van der Waals surface area contributed by atoms with Crippen molar-refractivity contribution >= 4 is 21.5 Å². The second-order valence-electron chi connectivity index (χ2n) is 7.76. The molecule has 6 aromatic carbocycles. The third kappa shape index (κ3) is 5.19. The fourth-order valence-corrected chi connectivity index (χ4v) is 3.92. The molecule has 0 heterocycles. The topological polar surface area (TPSA) is 0 Å². The minimum Gasteiger partial charge on any atom is -0.207 e. The van der Waals surface area contributed by atoms with E-state index >= 15 is 0 Å². The number of rotatable bonds is 2. The summed E-state index contributed by atoms with van der Waals surface area (Å²) in [5.74, 6) is -0.389. The van der Waals surface area contributed by atoms with E-state index < -0.39 is 0 Å². The van der Waals surface area contributed by atoms with Crippen LogP contribution < -0.4 is 0 Å². The van der Waals surface area contributed by atoms with Crippen LogP contribution in [0.15, 0.2) is 121 Å². The molecule has 0 aliphatic rings. The fourth-order valence-electron chi connectivity index (χ4n) is 3.92. The van der Waals surface area contributed by atoms with E-state index in [0.29, 0.717) is 0 Å². The first kappa shape index (κ1) is 22.9. The van der Waals surface area contributed by atoms with Gasteiger partial charge in [-0.05, 0) is 24.3 Å². The number of halogens is 2. The Morgan fingerprint density at radius 3 is 1.18 bits per heavy atom. The monoisotopic (exact) mass is 466 g/mol. The van der Waals surface area contributed by atoms with Crippen LogP contribution in [0.3, 0.4) is 0 Å². The van der Waals surface area contributed by atoms with Gasteiger partial charge in [0.1, 0.15) is 11.6 Å². The first-order valence-electron chi connectivity index (χ1n) is 10.5. The Balaban J connectivity index is 0.000000152. The maximum Gasteiger partial charge on any atom is 2.00 e. The van der Waals surface area contributed by atoms with Crippen molar-refractivity contribution in [3.8, 4) is 22.3 Å². The largest absolute Gasteiger partial charge is 2.00 e. The molecule has 0 radical (unpaired) electrons. The Labute approximate surface area is 206 Å². The van der Waals surface area contributed by atoms with Gasteiger partial charge in [0.2, 0.25) is 0 Å². The average Bonchev–Trinajstić information content (AvgIpc) is 3.45. The van der Waals surface area contributed by atoms with Crippen molar-refractivity contribution in [3.05, 3.63) is 133 Å². The SMILES string of the molecule is Fc1ccc(-c2cc3ccccc3[cH-]2)cc1.Fc1ccc(-c2cc3ccccc3[cH-]2)cc1.[Ti+2]. The van der Waals surface area contributed by atoms with E-state index in [4.69, 9.17) is 0 Å². The van der Waals surface area contributed by atoms with Gasteiger partial charge in [0.05, 0.1) is 0 Å². The summed E-state index contributed by atoms with van der Waals surface area (Å²) in [6.07, 6.45) is 0. The predicted molar refractivity (Wildman–Crippen MR) is 130 cm³/mol. The van der Waals surface area contributed by atoms with Crippen LogP contribution in [0.25, 0.3) is 43.8 Å². The Morgan fingerprint density at radius 1 is 0.455 bits per heavy atom. The van der Waals surface area contributed by atoms with Crippen molar-refractivity contribution < 1.29 is 30.5 Å². The van der Waals surface area contributed by atoms with E-state index in [1.165, 1.54) is 45.8 Å². The van der Waals surface area contributed by atoms with Crippen LogP contribution in [0.1, 0.15) is 0 Å². The molecule has 0 fully saturated rings. The normalized spacial score (nSPS) is 10.5. The molecule has 0 atom stereocenters. The molecule has 0 saturated carbocycles. The summed E-state index contributed by atoms with van der Waals surface area (Å²) in [7, 11) is 0. The summed E-state index contributed by atoms with van der Waals surface area (Å²) in [6.45, 7) is 0. The second kappa shape index (κ2) is 10.1. The number of hydrogen-bond donors (Lipinski definition) is 0. The Bertz CT molecular complexity index is 1290. The molecule has 158 valence electrons. The predicted octanol–water partition coefficient (Wildman–Crippen LogP) is 8.73. The van der Waals surface area contributed by atoms with Crippen molar-refractivity contribution in [2.45, 2.75) is 0 Å². The maximum atomic E-state index is 12.8. The van der Waals surface area contributed by atoms with Gasteiger partial charge >= 0.3 is 21.7 Å². The molecule has 0 unspecified atom stereocenters. The average molecular weight is 466 g/mol. The van der Waals surface area contributed by atoms with Gasteiger partial charge in [-0.25, -0.2) is 8.78 Å². The van der Waals surface area contributed by atoms with E-state index in [1.54, 1.807) is 0 Å². The van der Waals surface area contributed by atoms with E-state index in [1.807, 2.05) is 48.5 Å². The van der Waals surface area contributed by atoms with Gasteiger partial charge in [0.15, 0.2) is 0 Å². The molecular formula is C30H20F2Ti. The number of benzene rings is 4. The summed E-state index contributed by atoms with van der Waals surface area (Å²) < 4.78 is 25.6. The zero-order valence-electron chi connectivity index (χ0n) is 17.8. The molecule has 0 nitrogen and oxygen atoms in total. The Morgan fingerprint density at radius 2 is 0.818 bits per heavy atom. The van der Waals surface area contributed by atoms with Crippen molar-refractivity contribution in [2.75, 3.05) is 0 Å². The quantitative estimate of drug-likeness (QED) is 0.177. The molecule has 6 rings (SSSR count). The second-order valence-corrected chi connectivity index (χ2v) is 7.76. The number of fused-ring (bicyclic) bond motifs is 2. The molecule has 0 aliphatic carbocycles. The van der Waals surface area contributed by atoms with Gasteiger partial charge in [-0.3, -0.25) is 0 Å². The van der Waals surface area contributed by atoms with E-state index in [-0.39, 0.29) is 33.4 Å². The summed E-state index contributed by atoms with van der Waals surface area (Å²) in [6, 6.07) is 38.2. The summed E-state index contributed by atoms with van der Waals surface area (Å²) in [5, 5.41) is 4.90. The van der Waals surface area contributed by atoms with Gasteiger partial charge in [0, 0.05) is 0 Å². The molecule has 33 heavy (non-hydrogen) atoms. The summed E-state index contributed by atoms with van der Waals surface area (Å²) in [4.78, 5) is 0. The summed E-state index contributed by atoms with van der Waals surface area (Å²) >= 11 is 0. The van der Waals surface area contributed by atoms with Crippen molar-refractivity contribution in [1.29, 1.82) is 0 Å². The molecular weight excluding hydrogens is 446 g/mol. The zero-order chi connectivity index (χ0) is 21.9. The van der Waals surface area contributed by atoms with Gasteiger partial charge < -0.3 is 0 Å². The molecule has 3 heteroatoms. The van der Waals surface area contributed by atoms with E-state index in [9.17, 15) is 8.78 Å². The third-order valence-corrected chi connectivity index (χ3v) is 5.59. The molecule has 0 aromatic heterocycles. The fraction of sp³-hybridized carbons (Fsp3) is 0. The summed E-state index contributed by atoms with van der Waals surface area (Å²) in [5.41, 5.74) is 4.39. The Kier molecular flexibility index (Phi) is 6.98. The molecule has 0 aliphatic heterocycles. The maximum absolute atomic E-state index is 12.8. The zero-order valence-corrected chi connectivity index (χ0v) is 19.4. The van der Waals surface area contributed by atoms with E-state index in [2.05, 4.69) is 48.5 Å². The molecule has 0 amide bonds. The first-order chi connectivity index (χ1) is 15.7. The molecule has 6 aromatic rings. The van der Waals surface area contributed by atoms with Crippen molar-refractivity contribution in [1.82, 2.24) is 0 Å². The van der Waals surface area contributed by atoms with Crippen molar-refractivity contribution in [2.24, 2.45) is 0 Å². The van der Waals surface area contributed by atoms with Crippen LogP contribution in [-0.2, 0) is 21.7 Å². The Hall–Kier alpha value is -3.33. The molecule has 0 saturated heterocycles. The van der Waals surface area contributed by atoms with Gasteiger partial charge in [-0.2, -0.15) is 0 Å². The third-order valence-electron chi connectivity index (χ3n) is 5.59. The minimum absolute atomic E-state index is 0. The smallest absolute Gasteiger partial charge is 0.207 e. The van der Waals surface area contributed by atoms with Gasteiger partial charge in [-0.15, -0.1) is 69.1 Å². The molecule has 0 N–H and O–H groups in total. The van der Waals surface area contributed by atoms with Crippen LogP contribution in [0.2, 0.25) is 0 Å². The standard InChI is InChI=1S/2C15H10F.Ti/c2*16-15-7-5-11(6-8-15)14-9-12-3-1-2-4-13(12)10-14;/h2*1-10H;/q2*-1;+2. The minimum atomic E-state index is -0.195. The molecule has 0 bridgehead atoms. The van der Waals surface area contributed by atoms with E-state index in [0.717, 1.165) is 22.3 Å². The van der Waals surface area contributed by atoms with Gasteiger partial charge in [0.25, 0.3) is 0 Å². The van der Waals surface area contributed by atoms with Gasteiger partial charge in [-0.1, -0.05) is 71.8 Å². The van der Waals surface area contributed by atoms with Crippen LogP contribution in [0.5, 0.6) is 0 Å². The number of hydrogen-bond acceptors (Lipinski definition) is 0. The van der Waals surface area contributed by atoms with Crippen LogP contribution in [0, 0.1) is 11.6 Å². The first-order valence-corrected chi connectivity index (χ1v) is 10.5. The van der Waals surface area contributed by atoms with Crippen LogP contribution in [0.4, 0.5) is 8.78 Å². The van der Waals surface area contributed by atoms with Crippen LogP contribution in [-0.4, -0.2) is 0 Å².